The third-order valence-electron chi connectivity index (χ3n) is 5.62. The van der Waals surface area contributed by atoms with Crippen LogP contribution in [0.1, 0.15) is 30.7 Å². The molecule has 0 aliphatic heterocycles. The minimum atomic E-state index is -0.165. The molecular formula is C22H22N6. The van der Waals surface area contributed by atoms with Crippen molar-refractivity contribution in [2.75, 3.05) is 0 Å². The van der Waals surface area contributed by atoms with Gasteiger partial charge in [-0.05, 0) is 30.4 Å². The standard InChI is InChI=1S/C22H22N6/c23-13-19-25-21-26-20(16-7-9-17(10-8-16)22(24)11-4-12-22)18(14-28(21)27-19)15-5-2-1-3-6-15/h1-3,5-10,14H,4,11-13,23-24H2. The Morgan fingerprint density at radius 3 is 2.32 bits per heavy atom. The number of hydrogen-bond donors (Lipinski definition) is 2. The Morgan fingerprint density at radius 1 is 0.929 bits per heavy atom. The Hall–Kier alpha value is -3.09. The van der Waals surface area contributed by atoms with Crippen molar-refractivity contribution >= 4 is 5.78 Å². The van der Waals surface area contributed by atoms with E-state index in [0.29, 0.717) is 11.6 Å². The van der Waals surface area contributed by atoms with Crippen molar-refractivity contribution in [3.05, 3.63) is 72.2 Å². The number of nitrogens with zero attached hydrogens (tertiary/aromatic N) is 4. The highest BCUT2D eigenvalue weighted by molar-refractivity contribution is 5.81. The van der Waals surface area contributed by atoms with E-state index in [-0.39, 0.29) is 12.1 Å². The topological polar surface area (TPSA) is 95.1 Å². The summed E-state index contributed by atoms with van der Waals surface area (Å²) >= 11 is 0. The predicted molar refractivity (Wildman–Crippen MR) is 109 cm³/mol. The average molecular weight is 370 g/mol. The smallest absolute Gasteiger partial charge is 0.253 e. The van der Waals surface area contributed by atoms with E-state index < -0.39 is 0 Å². The minimum absolute atomic E-state index is 0.165. The molecule has 4 N–H and O–H groups in total. The van der Waals surface area contributed by atoms with Crippen molar-refractivity contribution in [2.45, 2.75) is 31.3 Å². The molecule has 6 heteroatoms. The molecule has 28 heavy (non-hydrogen) atoms. The number of aromatic nitrogens is 4. The first kappa shape index (κ1) is 17.0. The fourth-order valence-electron chi connectivity index (χ4n) is 3.81. The van der Waals surface area contributed by atoms with E-state index in [0.717, 1.165) is 35.2 Å². The number of rotatable bonds is 4. The van der Waals surface area contributed by atoms with Gasteiger partial charge in [-0.3, -0.25) is 0 Å². The first-order valence-electron chi connectivity index (χ1n) is 9.58. The second-order valence-corrected chi connectivity index (χ2v) is 7.43. The first-order valence-corrected chi connectivity index (χ1v) is 9.58. The van der Waals surface area contributed by atoms with Crippen LogP contribution in [0.25, 0.3) is 28.2 Å². The summed E-state index contributed by atoms with van der Waals surface area (Å²) in [5, 5.41) is 4.42. The molecule has 0 radical (unpaired) electrons. The number of fused-ring (bicyclic) bond motifs is 1. The van der Waals surface area contributed by atoms with Gasteiger partial charge in [0, 0.05) is 22.9 Å². The van der Waals surface area contributed by atoms with Crippen LogP contribution in [-0.4, -0.2) is 19.6 Å². The molecule has 0 atom stereocenters. The van der Waals surface area contributed by atoms with Crippen molar-refractivity contribution in [3.8, 4) is 22.4 Å². The van der Waals surface area contributed by atoms with Gasteiger partial charge in [0.1, 0.15) is 0 Å². The molecule has 2 heterocycles. The van der Waals surface area contributed by atoms with Crippen LogP contribution in [0.5, 0.6) is 0 Å². The zero-order valence-electron chi connectivity index (χ0n) is 15.5. The lowest BCUT2D eigenvalue weighted by atomic mass is 9.72. The van der Waals surface area contributed by atoms with Gasteiger partial charge in [-0.25, -0.2) is 9.50 Å². The van der Waals surface area contributed by atoms with Gasteiger partial charge in [-0.1, -0.05) is 54.6 Å². The Morgan fingerprint density at radius 2 is 1.68 bits per heavy atom. The van der Waals surface area contributed by atoms with Gasteiger partial charge < -0.3 is 11.5 Å². The monoisotopic (exact) mass is 370 g/mol. The Bertz CT molecular complexity index is 1130. The van der Waals surface area contributed by atoms with E-state index in [4.69, 9.17) is 16.5 Å². The molecule has 1 saturated carbocycles. The lowest BCUT2D eigenvalue weighted by Crippen LogP contribution is -2.43. The second-order valence-electron chi connectivity index (χ2n) is 7.43. The zero-order valence-corrected chi connectivity index (χ0v) is 15.5. The number of benzene rings is 2. The average Bonchev–Trinajstić information content (AvgIpc) is 3.14. The van der Waals surface area contributed by atoms with E-state index in [9.17, 15) is 0 Å². The summed E-state index contributed by atoms with van der Waals surface area (Å²) in [7, 11) is 0. The molecule has 140 valence electrons. The van der Waals surface area contributed by atoms with Crippen molar-refractivity contribution in [2.24, 2.45) is 11.5 Å². The minimum Gasteiger partial charge on any atom is -0.324 e. The van der Waals surface area contributed by atoms with Gasteiger partial charge >= 0.3 is 0 Å². The molecule has 1 aliphatic carbocycles. The quantitative estimate of drug-likeness (QED) is 0.575. The van der Waals surface area contributed by atoms with E-state index in [1.807, 2.05) is 24.4 Å². The third-order valence-corrected chi connectivity index (χ3v) is 5.62. The Kier molecular flexibility index (Phi) is 3.96. The van der Waals surface area contributed by atoms with Crippen LogP contribution < -0.4 is 11.5 Å². The summed E-state index contributed by atoms with van der Waals surface area (Å²) in [5.74, 6) is 1.13. The molecule has 0 bridgehead atoms. The molecule has 0 amide bonds. The van der Waals surface area contributed by atoms with E-state index >= 15 is 0 Å². The summed E-state index contributed by atoms with van der Waals surface area (Å²) in [4.78, 5) is 9.25. The molecular weight excluding hydrogens is 348 g/mol. The fourth-order valence-corrected chi connectivity index (χ4v) is 3.81. The van der Waals surface area contributed by atoms with Crippen LogP contribution in [0.3, 0.4) is 0 Å². The van der Waals surface area contributed by atoms with Gasteiger partial charge in [-0.15, -0.1) is 5.10 Å². The van der Waals surface area contributed by atoms with Crippen LogP contribution in [0.2, 0.25) is 0 Å². The van der Waals surface area contributed by atoms with Crippen LogP contribution in [0.4, 0.5) is 0 Å². The molecule has 1 aliphatic rings. The molecule has 0 spiro atoms. The maximum absolute atomic E-state index is 6.48. The van der Waals surface area contributed by atoms with Crippen LogP contribution >= 0.6 is 0 Å². The van der Waals surface area contributed by atoms with Crippen molar-refractivity contribution in [3.63, 3.8) is 0 Å². The molecule has 0 saturated heterocycles. The molecule has 4 aromatic rings. The highest BCUT2D eigenvalue weighted by Gasteiger charge is 2.34. The van der Waals surface area contributed by atoms with Crippen molar-refractivity contribution < 1.29 is 0 Å². The molecule has 6 nitrogen and oxygen atoms in total. The zero-order chi connectivity index (χ0) is 19.1. The molecule has 0 unspecified atom stereocenters. The van der Waals surface area contributed by atoms with Gasteiger partial charge in [0.05, 0.1) is 12.2 Å². The first-order chi connectivity index (χ1) is 13.7. The molecule has 2 aromatic carbocycles. The predicted octanol–water partition coefficient (Wildman–Crippen LogP) is 3.25. The van der Waals surface area contributed by atoms with E-state index in [1.54, 1.807) is 4.52 Å². The fraction of sp³-hybridized carbons (Fsp3) is 0.227. The largest absolute Gasteiger partial charge is 0.324 e. The highest BCUT2D eigenvalue weighted by Crippen LogP contribution is 2.39. The van der Waals surface area contributed by atoms with Crippen molar-refractivity contribution in [1.82, 2.24) is 19.6 Å². The van der Waals surface area contributed by atoms with Gasteiger partial charge in [-0.2, -0.15) is 4.98 Å². The Labute approximate surface area is 163 Å². The third kappa shape index (κ3) is 2.78. The van der Waals surface area contributed by atoms with Gasteiger partial charge in [0.2, 0.25) is 0 Å². The lowest BCUT2D eigenvalue weighted by Gasteiger charge is -2.38. The van der Waals surface area contributed by atoms with Crippen LogP contribution in [-0.2, 0) is 12.1 Å². The summed E-state index contributed by atoms with van der Waals surface area (Å²) in [5.41, 5.74) is 17.2. The summed E-state index contributed by atoms with van der Waals surface area (Å²) in [6.07, 6.45) is 5.27. The summed E-state index contributed by atoms with van der Waals surface area (Å²) in [6.45, 7) is 0.284. The molecule has 1 fully saturated rings. The van der Waals surface area contributed by atoms with E-state index in [2.05, 4.69) is 46.5 Å². The SMILES string of the molecule is NCc1nc2nc(-c3ccc(C4(N)CCC4)cc3)c(-c3ccccc3)cn2n1. The maximum atomic E-state index is 6.48. The Balaban J connectivity index is 1.66. The van der Waals surface area contributed by atoms with Crippen LogP contribution in [0.15, 0.2) is 60.8 Å². The second kappa shape index (κ2) is 6.51. The lowest BCUT2D eigenvalue weighted by molar-refractivity contribution is 0.253. The molecule has 5 rings (SSSR count). The summed E-state index contributed by atoms with van der Waals surface area (Å²) < 4.78 is 1.70. The van der Waals surface area contributed by atoms with Crippen molar-refractivity contribution in [1.29, 1.82) is 0 Å². The maximum Gasteiger partial charge on any atom is 0.253 e. The van der Waals surface area contributed by atoms with E-state index in [1.165, 1.54) is 12.0 Å². The number of nitrogens with two attached hydrogens (primary N) is 2. The highest BCUT2D eigenvalue weighted by atomic mass is 15.3. The summed E-state index contributed by atoms with van der Waals surface area (Å²) in [6, 6.07) is 18.7. The van der Waals surface area contributed by atoms with Gasteiger partial charge in [0.25, 0.3) is 5.78 Å². The number of hydrogen-bond acceptors (Lipinski definition) is 5. The van der Waals surface area contributed by atoms with Gasteiger partial charge in [0.15, 0.2) is 5.82 Å². The molecule has 2 aromatic heterocycles. The normalized spacial score (nSPS) is 15.5. The van der Waals surface area contributed by atoms with Crippen LogP contribution in [0, 0.1) is 0 Å².